The lowest BCUT2D eigenvalue weighted by Crippen LogP contribution is -2.55. The summed E-state index contributed by atoms with van der Waals surface area (Å²) in [5, 5.41) is 0. The summed E-state index contributed by atoms with van der Waals surface area (Å²) in [4.78, 5) is 2.81. The minimum atomic E-state index is 0.403. The van der Waals surface area contributed by atoms with Gasteiger partial charge in [-0.1, -0.05) is 72.6 Å². The van der Waals surface area contributed by atoms with Gasteiger partial charge in [-0.05, 0) is 51.5 Å². The highest BCUT2D eigenvalue weighted by Crippen LogP contribution is 2.38. The largest absolute Gasteiger partial charge is 0.297 e. The maximum atomic E-state index is 2.81. The zero-order valence-electron chi connectivity index (χ0n) is 16.5. The van der Waals surface area contributed by atoms with Gasteiger partial charge in [0.15, 0.2) is 0 Å². The Hall–Kier alpha value is -0.0400. The van der Waals surface area contributed by atoms with E-state index in [0.29, 0.717) is 5.54 Å². The van der Waals surface area contributed by atoms with Gasteiger partial charge in [0.1, 0.15) is 0 Å². The Morgan fingerprint density at radius 3 is 2.41 bits per heavy atom. The van der Waals surface area contributed by atoms with E-state index in [2.05, 4.69) is 46.6 Å². The van der Waals surface area contributed by atoms with Crippen LogP contribution >= 0.6 is 0 Å². The first-order chi connectivity index (χ1) is 10.5. The fourth-order valence-corrected chi connectivity index (χ4v) is 4.71. The van der Waals surface area contributed by atoms with Crippen molar-refractivity contribution >= 4 is 0 Å². The average Bonchev–Trinajstić information content (AvgIpc) is 2.49. The summed E-state index contributed by atoms with van der Waals surface area (Å²) in [6, 6.07) is 0.753. The fourth-order valence-electron chi connectivity index (χ4n) is 4.71. The molecule has 22 heavy (non-hydrogen) atoms. The number of rotatable bonds is 8. The van der Waals surface area contributed by atoms with Crippen LogP contribution in [0.15, 0.2) is 0 Å². The van der Waals surface area contributed by atoms with Crippen molar-refractivity contribution in [1.29, 1.82) is 0 Å². The minimum Gasteiger partial charge on any atom is -0.297 e. The Morgan fingerprint density at radius 2 is 1.77 bits per heavy atom. The molecule has 0 radical (unpaired) electrons. The third kappa shape index (κ3) is 5.25. The summed E-state index contributed by atoms with van der Waals surface area (Å²) in [6.07, 6.45) is 15.4. The number of nitrogens with zero attached hydrogens (tertiary/aromatic N) is 1. The predicted octanol–water partition coefficient (Wildman–Crippen LogP) is 6.66. The zero-order chi connectivity index (χ0) is 16.6. The maximum absolute atomic E-state index is 2.81. The molecule has 1 fully saturated rings. The van der Waals surface area contributed by atoms with E-state index in [0.717, 1.165) is 17.9 Å². The summed E-state index contributed by atoms with van der Waals surface area (Å²) < 4.78 is 0. The van der Waals surface area contributed by atoms with Crippen molar-refractivity contribution < 1.29 is 0 Å². The number of hydrogen-bond donors (Lipinski definition) is 0. The third-order valence-electron chi connectivity index (χ3n) is 6.77. The second-order valence-corrected chi connectivity index (χ2v) is 8.27. The van der Waals surface area contributed by atoms with E-state index in [9.17, 15) is 0 Å². The van der Waals surface area contributed by atoms with E-state index in [1.54, 1.807) is 0 Å². The molecule has 1 aliphatic carbocycles. The van der Waals surface area contributed by atoms with E-state index >= 15 is 0 Å². The van der Waals surface area contributed by atoms with Crippen molar-refractivity contribution in [1.82, 2.24) is 4.90 Å². The molecule has 1 saturated carbocycles. The summed E-state index contributed by atoms with van der Waals surface area (Å²) in [7, 11) is 2.43. The maximum Gasteiger partial charge on any atom is 0.0206 e. The van der Waals surface area contributed by atoms with Crippen molar-refractivity contribution in [3.05, 3.63) is 0 Å². The highest BCUT2D eigenvalue weighted by atomic mass is 15.2. The van der Waals surface area contributed by atoms with E-state index < -0.39 is 0 Å². The molecule has 0 bridgehead atoms. The lowest BCUT2D eigenvalue weighted by molar-refractivity contribution is -0.000183. The van der Waals surface area contributed by atoms with Gasteiger partial charge in [-0.2, -0.15) is 0 Å². The van der Waals surface area contributed by atoms with Crippen molar-refractivity contribution in [3.63, 3.8) is 0 Å². The molecule has 3 unspecified atom stereocenters. The van der Waals surface area contributed by atoms with Crippen LogP contribution in [0.3, 0.4) is 0 Å². The quantitative estimate of drug-likeness (QED) is 0.453. The predicted molar refractivity (Wildman–Crippen MR) is 100 cm³/mol. The van der Waals surface area contributed by atoms with Gasteiger partial charge < -0.3 is 0 Å². The molecule has 1 aliphatic rings. The van der Waals surface area contributed by atoms with Gasteiger partial charge in [-0.3, -0.25) is 4.90 Å². The highest BCUT2D eigenvalue weighted by molar-refractivity contribution is 4.94. The monoisotopic (exact) mass is 309 g/mol. The van der Waals surface area contributed by atoms with Crippen molar-refractivity contribution in [2.75, 3.05) is 7.05 Å². The van der Waals surface area contributed by atoms with Crippen LogP contribution in [0.2, 0.25) is 0 Å². The fraction of sp³-hybridized carbons (Fsp3) is 1.00. The molecule has 0 spiro atoms. The second-order valence-electron chi connectivity index (χ2n) is 8.27. The van der Waals surface area contributed by atoms with Gasteiger partial charge in [-0.25, -0.2) is 0 Å². The van der Waals surface area contributed by atoms with Crippen molar-refractivity contribution in [2.45, 2.75) is 117 Å². The average molecular weight is 310 g/mol. The standard InChI is InChI=1S/C21H43N/c1-7-9-12-15-18(3)20(8-2)22(6)21(5)17-14-11-10-13-16-19(21)4/h18-20H,7-17H2,1-6H3/t18?,19?,20-,21?/m0/s1. The van der Waals surface area contributed by atoms with E-state index in [1.807, 2.05) is 0 Å². The van der Waals surface area contributed by atoms with E-state index in [4.69, 9.17) is 0 Å². The van der Waals surface area contributed by atoms with Gasteiger partial charge in [0.05, 0.1) is 0 Å². The zero-order valence-corrected chi connectivity index (χ0v) is 16.5. The van der Waals surface area contributed by atoms with Gasteiger partial charge in [-0.15, -0.1) is 0 Å². The van der Waals surface area contributed by atoms with Crippen LogP contribution in [-0.4, -0.2) is 23.5 Å². The number of unbranched alkanes of at least 4 members (excludes halogenated alkanes) is 2. The molecule has 0 aromatic rings. The molecule has 4 atom stereocenters. The van der Waals surface area contributed by atoms with Crippen LogP contribution in [0.1, 0.15) is 105 Å². The molecule has 0 aromatic carbocycles. The number of hydrogen-bond acceptors (Lipinski definition) is 1. The van der Waals surface area contributed by atoms with E-state index in [1.165, 1.54) is 70.6 Å². The van der Waals surface area contributed by atoms with E-state index in [-0.39, 0.29) is 0 Å². The molecule has 0 aliphatic heterocycles. The van der Waals surface area contributed by atoms with Crippen LogP contribution in [-0.2, 0) is 0 Å². The molecule has 0 saturated heterocycles. The molecule has 0 amide bonds. The van der Waals surface area contributed by atoms with Crippen molar-refractivity contribution in [2.24, 2.45) is 11.8 Å². The topological polar surface area (TPSA) is 3.24 Å². The van der Waals surface area contributed by atoms with Crippen LogP contribution in [0.5, 0.6) is 0 Å². The normalized spacial score (nSPS) is 29.9. The molecule has 0 N–H and O–H groups in total. The van der Waals surface area contributed by atoms with Crippen LogP contribution in [0.4, 0.5) is 0 Å². The Kier molecular flexibility index (Phi) is 9.05. The molecule has 0 aromatic heterocycles. The second kappa shape index (κ2) is 9.96. The Bertz CT molecular complexity index is 288. The lowest BCUT2D eigenvalue weighted by atomic mass is 9.74. The molecular formula is C21H43N. The minimum absolute atomic E-state index is 0.403. The van der Waals surface area contributed by atoms with Gasteiger partial charge in [0.2, 0.25) is 0 Å². The first-order valence-corrected chi connectivity index (χ1v) is 10.2. The molecule has 132 valence electrons. The Labute approximate surface area is 141 Å². The molecule has 1 heteroatoms. The highest BCUT2D eigenvalue weighted by Gasteiger charge is 2.39. The van der Waals surface area contributed by atoms with Gasteiger partial charge in [0, 0.05) is 11.6 Å². The molecular weight excluding hydrogens is 266 g/mol. The van der Waals surface area contributed by atoms with Crippen LogP contribution in [0, 0.1) is 11.8 Å². The van der Waals surface area contributed by atoms with Crippen LogP contribution in [0.25, 0.3) is 0 Å². The SMILES string of the molecule is CCCCCC(C)[C@H](CC)N(C)C1(C)CCCCCCC1C. The Balaban J connectivity index is 2.75. The molecule has 1 rings (SSSR count). The summed E-state index contributed by atoms with van der Waals surface area (Å²) in [5.41, 5.74) is 0.403. The lowest BCUT2D eigenvalue weighted by Gasteiger charge is -2.50. The third-order valence-corrected chi connectivity index (χ3v) is 6.77. The molecule has 1 nitrogen and oxygen atoms in total. The summed E-state index contributed by atoms with van der Waals surface area (Å²) in [6.45, 7) is 12.3. The molecule has 0 heterocycles. The first-order valence-electron chi connectivity index (χ1n) is 10.2. The first kappa shape index (κ1) is 20.0. The van der Waals surface area contributed by atoms with Crippen LogP contribution < -0.4 is 0 Å². The van der Waals surface area contributed by atoms with Crippen molar-refractivity contribution in [3.8, 4) is 0 Å². The smallest absolute Gasteiger partial charge is 0.0206 e. The summed E-state index contributed by atoms with van der Waals surface area (Å²) >= 11 is 0. The van der Waals surface area contributed by atoms with Gasteiger partial charge in [0.25, 0.3) is 0 Å². The summed E-state index contributed by atoms with van der Waals surface area (Å²) in [5.74, 6) is 1.66. The Morgan fingerprint density at radius 1 is 1.09 bits per heavy atom. The van der Waals surface area contributed by atoms with Gasteiger partial charge >= 0.3 is 0 Å².